The molecule has 0 aliphatic carbocycles. The Kier molecular flexibility index (Phi) is 4.15. The molecule has 0 aliphatic rings. The second-order valence-electron chi connectivity index (χ2n) is 3.25. The van der Waals surface area contributed by atoms with Crippen LogP contribution < -0.4 is 5.32 Å². The van der Waals surface area contributed by atoms with Crippen molar-refractivity contribution in [2.75, 3.05) is 18.9 Å². The number of carbonyl (C=O) groups excluding carboxylic acids is 1. The summed E-state index contributed by atoms with van der Waals surface area (Å²) >= 11 is 5.90. The smallest absolute Gasteiger partial charge is 0.321 e. The van der Waals surface area contributed by atoms with Crippen molar-refractivity contribution < 1.29 is 4.79 Å². The van der Waals surface area contributed by atoms with Gasteiger partial charge in [0.05, 0.1) is 22.3 Å². The van der Waals surface area contributed by atoms with E-state index >= 15 is 0 Å². The standard InChI is InChI=1S/C11H12ClN3O/c1-3-15(2)11(16)14-10-6-8(7-13)4-5-9(10)12/h4-6H,3H2,1-2H3,(H,14,16). The highest BCUT2D eigenvalue weighted by atomic mass is 35.5. The minimum Gasteiger partial charge on any atom is -0.328 e. The SMILES string of the molecule is CCN(C)C(=O)Nc1cc(C#N)ccc1Cl. The van der Waals surface area contributed by atoms with Gasteiger partial charge in [-0.3, -0.25) is 0 Å². The van der Waals surface area contributed by atoms with Crippen molar-refractivity contribution in [1.82, 2.24) is 4.90 Å². The summed E-state index contributed by atoms with van der Waals surface area (Å²) in [6, 6.07) is 6.47. The lowest BCUT2D eigenvalue weighted by molar-refractivity contribution is 0.224. The van der Waals surface area contributed by atoms with E-state index in [4.69, 9.17) is 16.9 Å². The Morgan fingerprint density at radius 2 is 2.31 bits per heavy atom. The predicted molar refractivity (Wildman–Crippen MR) is 63.5 cm³/mol. The summed E-state index contributed by atoms with van der Waals surface area (Å²) in [4.78, 5) is 13.1. The number of urea groups is 1. The van der Waals surface area contributed by atoms with Gasteiger partial charge in [0.1, 0.15) is 0 Å². The Hall–Kier alpha value is -1.73. The molecule has 0 aromatic heterocycles. The first kappa shape index (κ1) is 12.3. The highest BCUT2D eigenvalue weighted by molar-refractivity contribution is 6.33. The first-order valence-corrected chi connectivity index (χ1v) is 5.18. The van der Waals surface area contributed by atoms with Crippen molar-refractivity contribution >= 4 is 23.3 Å². The zero-order valence-corrected chi connectivity index (χ0v) is 9.88. The minimum absolute atomic E-state index is 0.250. The average Bonchev–Trinajstić information content (AvgIpc) is 2.30. The van der Waals surface area contributed by atoms with Gasteiger partial charge in [-0.25, -0.2) is 4.79 Å². The monoisotopic (exact) mass is 237 g/mol. The molecule has 0 unspecified atom stereocenters. The van der Waals surface area contributed by atoms with Crippen LogP contribution in [0.3, 0.4) is 0 Å². The summed E-state index contributed by atoms with van der Waals surface area (Å²) < 4.78 is 0. The van der Waals surface area contributed by atoms with Crippen LogP contribution in [0.5, 0.6) is 0 Å². The Balaban J connectivity index is 2.89. The molecule has 1 N–H and O–H groups in total. The van der Waals surface area contributed by atoms with Crippen molar-refractivity contribution in [2.45, 2.75) is 6.92 Å². The third-order valence-corrected chi connectivity index (χ3v) is 2.49. The Bertz CT molecular complexity index is 439. The number of nitrogens with one attached hydrogen (secondary N) is 1. The van der Waals surface area contributed by atoms with Crippen LogP contribution in [0.4, 0.5) is 10.5 Å². The number of benzene rings is 1. The Morgan fingerprint density at radius 1 is 1.62 bits per heavy atom. The molecule has 4 nitrogen and oxygen atoms in total. The maximum Gasteiger partial charge on any atom is 0.321 e. The molecule has 0 atom stereocenters. The Labute approximate surface area is 99.4 Å². The van der Waals surface area contributed by atoms with E-state index in [-0.39, 0.29) is 6.03 Å². The molecule has 0 aliphatic heterocycles. The lowest BCUT2D eigenvalue weighted by Crippen LogP contribution is -2.31. The molecular weight excluding hydrogens is 226 g/mol. The van der Waals surface area contributed by atoms with E-state index in [0.29, 0.717) is 22.8 Å². The number of amides is 2. The summed E-state index contributed by atoms with van der Waals surface area (Å²) in [6.07, 6.45) is 0. The summed E-state index contributed by atoms with van der Waals surface area (Å²) in [7, 11) is 1.68. The molecule has 1 aromatic carbocycles. The second-order valence-corrected chi connectivity index (χ2v) is 3.66. The highest BCUT2D eigenvalue weighted by Crippen LogP contribution is 2.22. The normalized spacial score (nSPS) is 9.38. The molecule has 1 rings (SSSR count). The molecule has 0 heterocycles. The van der Waals surface area contributed by atoms with E-state index in [1.54, 1.807) is 25.2 Å². The van der Waals surface area contributed by atoms with Crippen LogP contribution in [0.15, 0.2) is 18.2 Å². The number of hydrogen-bond acceptors (Lipinski definition) is 2. The van der Waals surface area contributed by atoms with E-state index < -0.39 is 0 Å². The lowest BCUT2D eigenvalue weighted by atomic mass is 10.2. The van der Waals surface area contributed by atoms with Gasteiger partial charge in [0.15, 0.2) is 0 Å². The van der Waals surface area contributed by atoms with Crippen LogP contribution in [0, 0.1) is 11.3 Å². The van der Waals surface area contributed by atoms with E-state index in [1.165, 1.54) is 4.90 Å². The fourth-order valence-corrected chi connectivity index (χ4v) is 1.21. The summed E-state index contributed by atoms with van der Waals surface area (Å²) in [5.74, 6) is 0. The molecule has 5 heteroatoms. The van der Waals surface area contributed by atoms with Crippen molar-refractivity contribution in [2.24, 2.45) is 0 Å². The highest BCUT2D eigenvalue weighted by Gasteiger charge is 2.09. The average molecular weight is 238 g/mol. The van der Waals surface area contributed by atoms with Crippen molar-refractivity contribution in [3.63, 3.8) is 0 Å². The fourth-order valence-electron chi connectivity index (χ4n) is 1.04. The van der Waals surface area contributed by atoms with E-state index in [1.807, 2.05) is 13.0 Å². The molecule has 16 heavy (non-hydrogen) atoms. The molecule has 0 saturated heterocycles. The van der Waals surface area contributed by atoms with Crippen molar-refractivity contribution in [3.05, 3.63) is 28.8 Å². The van der Waals surface area contributed by atoms with Crippen LogP contribution in [-0.2, 0) is 0 Å². The van der Waals surface area contributed by atoms with Crippen molar-refractivity contribution in [3.8, 4) is 6.07 Å². The van der Waals surface area contributed by atoms with Gasteiger partial charge in [-0.15, -0.1) is 0 Å². The van der Waals surface area contributed by atoms with Crippen LogP contribution in [0.1, 0.15) is 12.5 Å². The quantitative estimate of drug-likeness (QED) is 0.860. The van der Waals surface area contributed by atoms with E-state index in [2.05, 4.69) is 5.32 Å². The van der Waals surface area contributed by atoms with Gasteiger partial charge >= 0.3 is 6.03 Å². The summed E-state index contributed by atoms with van der Waals surface area (Å²) in [5.41, 5.74) is 0.907. The van der Waals surface area contributed by atoms with Gasteiger partial charge in [-0.05, 0) is 25.1 Å². The zero-order chi connectivity index (χ0) is 12.1. The fraction of sp³-hybridized carbons (Fsp3) is 0.273. The van der Waals surface area contributed by atoms with E-state index in [0.717, 1.165) is 0 Å². The number of halogens is 1. The molecule has 0 spiro atoms. The number of hydrogen-bond donors (Lipinski definition) is 1. The molecule has 1 aromatic rings. The maximum absolute atomic E-state index is 11.6. The Morgan fingerprint density at radius 3 is 2.88 bits per heavy atom. The lowest BCUT2D eigenvalue weighted by Gasteiger charge is -2.16. The molecule has 0 fully saturated rings. The van der Waals surface area contributed by atoms with Crippen LogP contribution in [-0.4, -0.2) is 24.5 Å². The minimum atomic E-state index is -0.250. The molecule has 2 amide bonds. The van der Waals surface area contributed by atoms with Gasteiger partial charge in [0.2, 0.25) is 0 Å². The maximum atomic E-state index is 11.6. The zero-order valence-electron chi connectivity index (χ0n) is 9.12. The van der Waals surface area contributed by atoms with Gasteiger partial charge in [0.25, 0.3) is 0 Å². The van der Waals surface area contributed by atoms with Gasteiger partial charge < -0.3 is 10.2 Å². The molecule has 0 radical (unpaired) electrons. The number of anilines is 1. The topological polar surface area (TPSA) is 56.1 Å². The first-order chi connectivity index (χ1) is 7.58. The second kappa shape index (κ2) is 5.38. The number of nitrogens with zero attached hydrogens (tertiary/aromatic N) is 2. The predicted octanol–water partition coefficient (Wildman–Crippen LogP) is 2.70. The third kappa shape index (κ3) is 2.88. The number of carbonyl (C=O) groups is 1. The molecule has 0 bridgehead atoms. The van der Waals surface area contributed by atoms with Gasteiger partial charge in [0, 0.05) is 13.6 Å². The van der Waals surface area contributed by atoms with Crippen LogP contribution in [0.2, 0.25) is 5.02 Å². The van der Waals surface area contributed by atoms with Crippen LogP contribution in [0.25, 0.3) is 0 Å². The van der Waals surface area contributed by atoms with Crippen LogP contribution >= 0.6 is 11.6 Å². The van der Waals surface area contributed by atoms with Gasteiger partial charge in [-0.2, -0.15) is 5.26 Å². The molecule has 0 saturated carbocycles. The summed E-state index contributed by atoms with van der Waals surface area (Å²) in [6.45, 7) is 2.47. The number of rotatable bonds is 2. The number of nitriles is 1. The van der Waals surface area contributed by atoms with Crippen molar-refractivity contribution in [1.29, 1.82) is 5.26 Å². The first-order valence-electron chi connectivity index (χ1n) is 4.80. The largest absolute Gasteiger partial charge is 0.328 e. The summed E-state index contributed by atoms with van der Waals surface area (Å²) in [5, 5.41) is 11.8. The van der Waals surface area contributed by atoms with E-state index in [9.17, 15) is 4.79 Å². The molecule has 84 valence electrons. The third-order valence-electron chi connectivity index (χ3n) is 2.16. The molecular formula is C11H12ClN3O. The van der Waals surface area contributed by atoms with Gasteiger partial charge in [-0.1, -0.05) is 11.6 Å².